The quantitative estimate of drug-likeness (QED) is 0.372. The normalized spacial score (nSPS) is 14.9. The molecule has 2 heteroatoms. The van der Waals surface area contributed by atoms with Crippen molar-refractivity contribution >= 4 is 6.41 Å². The van der Waals surface area contributed by atoms with Gasteiger partial charge >= 0.3 is 0 Å². The van der Waals surface area contributed by atoms with Crippen LogP contribution in [0.3, 0.4) is 0 Å². The molecule has 0 radical (unpaired) electrons. The molecule has 0 bridgehead atoms. The van der Waals surface area contributed by atoms with E-state index in [1.165, 1.54) is 64.2 Å². The number of carbonyl (C=O) groups is 1. The van der Waals surface area contributed by atoms with Gasteiger partial charge in [0.25, 0.3) is 0 Å². The smallest absolute Gasteiger partial charge is 0.209 e. The Morgan fingerprint density at radius 3 is 2.12 bits per heavy atom. The summed E-state index contributed by atoms with van der Waals surface area (Å²) in [5.74, 6) is 0.828. The van der Waals surface area contributed by atoms with E-state index in [2.05, 4.69) is 6.92 Å². The minimum absolute atomic E-state index is 0.828. The lowest BCUT2D eigenvalue weighted by Gasteiger charge is -2.16. The van der Waals surface area contributed by atoms with Crippen molar-refractivity contribution in [3.63, 3.8) is 0 Å². The molecule has 2 nitrogen and oxygen atoms in total. The van der Waals surface area contributed by atoms with Gasteiger partial charge in [-0.3, -0.25) is 4.79 Å². The van der Waals surface area contributed by atoms with E-state index >= 15 is 0 Å². The van der Waals surface area contributed by atoms with E-state index in [4.69, 9.17) is 0 Å². The van der Waals surface area contributed by atoms with Crippen LogP contribution in [0.1, 0.15) is 71.1 Å². The molecular formula is C15H29NO. The third-order valence-electron chi connectivity index (χ3n) is 3.64. The molecule has 0 aromatic rings. The molecule has 17 heavy (non-hydrogen) atoms. The molecule has 0 N–H and O–H groups in total. The van der Waals surface area contributed by atoms with E-state index in [1.807, 2.05) is 4.90 Å². The Balaban J connectivity index is 1.83. The summed E-state index contributed by atoms with van der Waals surface area (Å²) in [5.41, 5.74) is 0. The summed E-state index contributed by atoms with van der Waals surface area (Å²) < 4.78 is 0. The first kappa shape index (κ1) is 14.5. The molecule has 1 amide bonds. The standard InChI is InChI=1S/C15H29NO/c1-2-3-4-5-6-7-8-9-12-16(14-17)13-15-10-11-15/h14-15H,2-13H2,1H3. The highest BCUT2D eigenvalue weighted by atomic mass is 16.1. The molecule has 0 spiro atoms. The molecule has 1 saturated carbocycles. The van der Waals surface area contributed by atoms with Crippen LogP contribution in [0.2, 0.25) is 0 Å². The maximum atomic E-state index is 10.8. The second kappa shape index (κ2) is 9.49. The summed E-state index contributed by atoms with van der Waals surface area (Å²) >= 11 is 0. The van der Waals surface area contributed by atoms with Crippen LogP contribution < -0.4 is 0 Å². The second-order valence-corrected chi connectivity index (χ2v) is 5.52. The first-order valence-corrected chi connectivity index (χ1v) is 7.56. The van der Waals surface area contributed by atoms with Crippen LogP contribution in [-0.2, 0) is 4.79 Å². The topological polar surface area (TPSA) is 20.3 Å². The number of nitrogens with zero attached hydrogens (tertiary/aromatic N) is 1. The molecular weight excluding hydrogens is 210 g/mol. The predicted octanol–water partition coefficient (Wildman–Crippen LogP) is 4.00. The Labute approximate surface area is 107 Å². The molecule has 1 fully saturated rings. The van der Waals surface area contributed by atoms with Gasteiger partial charge in [0, 0.05) is 13.1 Å². The van der Waals surface area contributed by atoms with Crippen molar-refractivity contribution in [3.05, 3.63) is 0 Å². The lowest BCUT2D eigenvalue weighted by atomic mass is 10.1. The Morgan fingerprint density at radius 1 is 1.00 bits per heavy atom. The van der Waals surface area contributed by atoms with Crippen molar-refractivity contribution in [1.29, 1.82) is 0 Å². The van der Waals surface area contributed by atoms with Gasteiger partial charge < -0.3 is 4.90 Å². The Bertz CT molecular complexity index is 189. The van der Waals surface area contributed by atoms with E-state index in [0.717, 1.165) is 25.4 Å². The van der Waals surface area contributed by atoms with Crippen LogP contribution >= 0.6 is 0 Å². The third kappa shape index (κ3) is 8.23. The highest BCUT2D eigenvalue weighted by molar-refractivity contribution is 5.46. The molecule has 0 saturated heterocycles. The second-order valence-electron chi connectivity index (χ2n) is 5.52. The van der Waals surface area contributed by atoms with Crippen LogP contribution in [0.4, 0.5) is 0 Å². The average molecular weight is 239 g/mol. The van der Waals surface area contributed by atoms with Crippen molar-refractivity contribution in [2.45, 2.75) is 71.1 Å². The van der Waals surface area contributed by atoms with Crippen molar-refractivity contribution in [2.24, 2.45) is 5.92 Å². The Hall–Kier alpha value is -0.530. The minimum Gasteiger partial charge on any atom is -0.345 e. The largest absolute Gasteiger partial charge is 0.345 e. The molecule has 0 unspecified atom stereocenters. The molecule has 0 heterocycles. The molecule has 1 rings (SSSR count). The van der Waals surface area contributed by atoms with Gasteiger partial charge in [-0.15, -0.1) is 0 Å². The molecule has 0 atom stereocenters. The Kier molecular flexibility index (Phi) is 8.12. The molecule has 0 aliphatic heterocycles. The highest BCUT2D eigenvalue weighted by Gasteiger charge is 2.23. The number of hydrogen-bond donors (Lipinski definition) is 0. The van der Waals surface area contributed by atoms with Crippen molar-refractivity contribution in [1.82, 2.24) is 4.90 Å². The van der Waals surface area contributed by atoms with E-state index in [-0.39, 0.29) is 0 Å². The van der Waals surface area contributed by atoms with Gasteiger partial charge in [-0.05, 0) is 25.2 Å². The summed E-state index contributed by atoms with van der Waals surface area (Å²) in [6.45, 7) is 4.25. The number of rotatable bonds is 12. The number of unbranched alkanes of at least 4 members (excludes halogenated alkanes) is 7. The predicted molar refractivity (Wildman–Crippen MR) is 73.0 cm³/mol. The fourth-order valence-electron chi connectivity index (χ4n) is 2.27. The number of hydrogen-bond acceptors (Lipinski definition) is 1. The van der Waals surface area contributed by atoms with Crippen LogP contribution in [0, 0.1) is 5.92 Å². The van der Waals surface area contributed by atoms with Gasteiger partial charge in [-0.2, -0.15) is 0 Å². The SMILES string of the molecule is CCCCCCCCCCN(C=O)CC1CC1. The summed E-state index contributed by atoms with van der Waals surface area (Å²) in [6.07, 6.45) is 14.4. The summed E-state index contributed by atoms with van der Waals surface area (Å²) in [4.78, 5) is 12.8. The maximum absolute atomic E-state index is 10.8. The molecule has 1 aliphatic rings. The van der Waals surface area contributed by atoms with Crippen LogP contribution in [0.15, 0.2) is 0 Å². The first-order valence-electron chi connectivity index (χ1n) is 7.56. The maximum Gasteiger partial charge on any atom is 0.209 e. The zero-order valence-corrected chi connectivity index (χ0v) is 11.5. The van der Waals surface area contributed by atoms with Gasteiger partial charge in [-0.25, -0.2) is 0 Å². The zero-order chi connectivity index (χ0) is 12.3. The van der Waals surface area contributed by atoms with Gasteiger partial charge in [0.1, 0.15) is 0 Å². The zero-order valence-electron chi connectivity index (χ0n) is 11.5. The average Bonchev–Trinajstić information content (AvgIpc) is 3.15. The summed E-state index contributed by atoms with van der Waals surface area (Å²) in [6, 6.07) is 0. The molecule has 100 valence electrons. The summed E-state index contributed by atoms with van der Waals surface area (Å²) in [5, 5.41) is 0. The van der Waals surface area contributed by atoms with Crippen LogP contribution in [-0.4, -0.2) is 24.4 Å². The van der Waals surface area contributed by atoms with E-state index in [0.29, 0.717) is 0 Å². The highest BCUT2D eigenvalue weighted by Crippen LogP contribution is 2.29. The van der Waals surface area contributed by atoms with Gasteiger partial charge in [-0.1, -0.05) is 51.9 Å². The van der Waals surface area contributed by atoms with Gasteiger partial charge in [0.15, 0.2) is 0 Å². The van der Waals surface area contributed by atoms with Crippen molar-refractivity contribution in [2.75, 3.05) is 13.1 Å². The minimum atomic E-state index is 0.828. The lowest BCUT2D eigenvalue weighted by Crippen LogP contribution is -2.25. The first-order chi connectivity index (χ1) is 8.36. The monoisotopic (exact) mass is 239 g/mol. The number of amides is 1. The van der Waals surface area contributed by atoms with Gasteiger partial charge in [0.2, 0.25) is 6.41 Å². The fourth-order valence-corrected chi connectivity index (χ4v) is 2.27. The van der Waals surface area contributed by atoms with Gasteiger partial charge in [0.05, 0.1) is 0 Å². The molecule has 0 aromatic heterocycles. The van der Waals surface area contributed by atoms with E-state index in [1.54, 1.807) is 0 Å². The van der Waals surface area contributed by atoms with Crippen LogP contribution in [0.5, 0.6) is 0 Å². The molecule has 1 aliphatic carbocycles. The fraction of sp³-hybridized carbons (Fsp3) is 0.933. The van der Waals surface area contributed by atoms with Crippen molar-refractivity contribution < 1.29 is 4.79 Å². The number of carbonyl (C=O) groups excluding carboxylic acids is 1. The lowest BCUT2D eigenvalue weighted by molar-refractivity contribution is -0.118. The summed E-state index contributed by atoms with van der Waals surface area (Å²) in [7, 11) is 0. The van der Waals surface area contributed by atoms with E-state index < -0.39 is 0 Å². The van der Waals surface area contributed by atoms with Crippen LogP contribution in [0.25, 0.3) is 0 Å². The molecule has 0 aromatic carbocycles. The van der Waals surface area contributed by atoms with E-state index in [9.17, 15) is 4.79 Å². The van der Waals surface area contributed by atoms with Crippen molar-refractivity contribution in [3.8, 4) is 0 Å². The Morgan fingerprint density at radius 2 is 1.59 bits per heavy atom. The third-order valence-corrected chi connectivity index (χ3v) is 3.64.